The van der Waals surface area contributed by atoms with E-state index >= 15 is 0 Å². The molecule has 0 saturated carbocycles. The smallest absolute Gasteiger partial charge is 0.0741 e. The summed E-state index contributed by atoms with van der Waals surface area (Å²) in [6, 6.07) is 0. The number of nitrogens with zero attached hydrogens (tertiary/aromatic N) is 1. The Balaban J connectivity index is 2.09. The van der Waals surface area contributed by atoms with Gasteiger partial charge in [0.25, 0.3) is 0 Å². The molecule has 1 aliphatic heterocycles. The molecule has 96 valence electrons. The predicted molar refractivity (Wildman–Crippen MR) is 68.4 cm³/mol. The Labute approximate surface area is 100 Å². The number of unbranched alkanes of at least 4 members (excludes halogenated alkanes) is 1. The van der Waals surface area contributed by atoms with E-state index in [2.05, 4.69) is 18.7 Å². The van der Waals surface area contributed by atoms with Crippen molar-refractivity contribution in [3.8, 4) is 0 Å². The maximum Gasteiger partial charge on any atom is 0.0741 e. The van der Waals surface area contributed by atoms with Crippen LogP contribution in [0.4, 0.5) is 0 Å². The fraction of sp³-hybridized carbons (Fsp3) is 1.00. The minimum Gasteiger partial charge on any atom is -0.389 e. The van der Waals surface area contributed by atoms with E-state index in [4.69, 9.17) is 5.73 Å². The molecule has 0 aliphatic carbocycles. The summed E-state index contributed by atoms with van der Waals surface area (Å²) in [5, 5.41) is 9.76. The first-order valence-corrected chi connectivity index (χ1v) is 6.49. The van der Waals surface area contributed by atoms with Crippen molar-refractivity contribution in [1.82, 2.24) is 4.90 Å². The Bertz CT molecular complexity index is 214. The second kappa shape index (κ2) is 5.48. The molecule has 1 rings (SSSR count). The van der Waals surface area contributed by atoms with Crippen molar-refractivity contribution in [2.24, 2.45) is 11.1 Å². The van der Waals surface area contributed by atoms with Crippen molar-refractivity contribution in [3.63, 3.8) is 0 Å². The number of hydrogen-bond acceptors (Lipinski definition) is 3. The van der Waals surface area contributed by atoms with Crippen LogP contribution >= 0.6 is 0 Å². The van der Waals surface area contributed by atoms with Crippen LogP contribution in [0, 0.1) is 5.41 Å². The topological polar surface area (TPSA) is 49.5 Å². The van der Waals surface area contributed by atoms with Gasteiger partial charge in [-0.25, -0.2) is 0 Å². The molecular weight excluding hydrogens is 200 g/mol. The molecule has 3 nitrogen and oxygen atoms in total. The van der Waals surface area contributed by atoms with Gasteiger partial charge in [0.2, 0.25) is 0 Å². The lowest BCUT2D eigenvalue weighted by Crippen LogP contribution is -2.34. The van der Waals surface area contributed by atoms with Gasteiger partial charge in [0.1, 0.15) is 0 Å². The van der Waals surface area contributed by atoms with Crippen LogP contribution in [-0.4, -0.2) is 41.8 Å². The lowest BCUT2D eigenvalue weighted by Gasteiger charge is -2.22. The molecule has 0 bridgehead atoms. The van der Waals surface area contributed by atoms with E-state index in [0.29, 0.717) is 12.0 Å². The predicted octanol–water partition coefficient (Wildman–Crippen LogP) is 1.60. The molecule has 3 heteroatoms. The van der Waals surface area contributed by atoms with Gasteiger partial charge in [-0.1, -0.05) is 13.8 Å². The first-order valence-electron chi connectivity index (χ1n) is 6.49. The average Bonchev–Trinajstić information content (AvgIpc) is 2.53. The molecule has 1 saturated heterocycles. The van der Waals surface area contributed by atoms with E-state index in [9.17, 15) is 5.11 Å². The van der Waals surface area contributed by atoms with Gasteiger partial charge < -0.3 is 15.7 Å². The monoisotopic (exact) mass is 228 g/mol. The summed E-state index contributed by atoms with van der Waals surface area (Å²) in [4.78, 5) is 2.54. The third-order valence-corrected chi connectivity index (χ3v) is 3.64. The van der Waals surface area contributed by atoms with Crippen LogP contribution in [0.1, 0.15) is 46.5 Å². The highest BCUT2D eigenvalue weighted by atomic mass is 16.3. The van der Waals surface area contributed by atoms with Crippen molar-refractivity contribution < 1.29 is 5.11 Å². The van der Waals surface area contributed by atoms with Gasteiger partial charge >= 0.3 is 0 Å². The van der Waals surface area contributed by atoms with Gasteiger partial charge in [-0.05, 0) is 51.1 Å². The Kier molecular flexibility index (Phi) is 4.77. The minimum absolute atomic E-state index is 0.365. The minimum atomic E-state index is -0.662. The average molecular weight is 228 g/mol. The highest BCUT2D eigenvalue weighted by Gasteiger charge is 2.28. The first kappa shape index (κ1) is 13.9. The van der Waals surface area contributed by atoms with Crippen LogP contribution in [0.5, 0.6) is 0 Å². The van der Waals surface area contributed by atoms with Crippen molar-refractivity contribution in [2.75, 3.05) is 26.2 Å². The van der Waals surface area contributed by atoms with Crippen LogP contribution in [-0.2, 0) is 0 Å². The molecular formula is C13H28N2O. The van der Waals surface area contributed by atoms with E-state index in [1.807, 2.05) is 6.92 Å². The van der Waals surface area contributed by atoms with E-state index in [-0.39, 0.29) is 0 Å². The normalized spacial score (nSPS) is 24.6. The summed E-state index contributed by atoms with van der Waals surface area (Å²) in [6.45, 7) is 10.5. The lowest BCUT2D eigenvalue weighted by molar-refractivity contribution is 0.0565. The molecule has 0 aromatic rings. The van der Waals surface area contributed by atoms with Crippen LogP contribution < -0.4 is 5.73 Å². The van der Waals surface area contributed by atoms with E-state index in [1.54, 1.807) is 0 Å². The zero-order valence-corrected chi connectivity index (χ0v) is 11.1. The molecule has 3 N–H and O–H groups in total. The van der Waals surface area contributed by atoms with E-state index in [1.165, 1.54) is 32.5 Å². The standard InChI is InChI=1S/C13H28N2O/c1-12(2)7-9-15(11-12)8-5-4-6-13(3,16)10-14/h16H,4-11,14H2,1-3H3. The third kappa shape index (κ3) is 4.81. The molecule has 0 radical (unpaired) electrons. The summed E-state index contributed by atoms with van der Waals surface area (Å²) in [6.07, 6.45) is 4.38. The van der Waals surface area contributed by atoms with Crippen LogP contribution in [0.25, 0.3) is 0 Å². The summed E-state index contributed by atoms with van der Waals surface area (Å²) in [7, 11) is 0. The Morgan fingerprint density at radius 1 is 1.38 bits per heavy atom. The summed E-state index contributed by atoms with van der Waals surface area (Å²) < 4.78 is 0. The van der Waals surface area contributed by atoms with Crippen LogP contribution in [0.15, 0.2) is 0 Å². The molecule has 1 aliphatic rings. The Morgan fingerprint density at radius 3 is 2.56 bits per heavy atom. The highest BCUT2D eigenvalue weighted by Crippen LogP contribution is 2.28. The fourth-order valence-electron chi connectivity index (χ4n) is 2.36. The summed E-state index contributed by atoms with van der Waals surface area (Å²) >= 11 is 0. The molecule has 0 aromatic heterocycles. The quantitative estimate of drug-likeness (QED) is 0.679. The number of hydrogen-bond donors (Lipinski definition) is 2. The van der Waals surface area contributed by atoms with E-state index < -0.39 is 5.60 Å². The summed E-state index contributed by atoms with van der Waals surface area (Å²) in [5.41, 5.74) is 5.33. The van der Waals surface area contributed by atoms with Crippen molar-refractivity contribution in [3.05, 3.63) is 0 Å². The first-order chi connectivity index (χ1) is 7.35. The van der Waals surface area contributed by atoms with Gasteiger partial charge in [-0.2, -0.15) is 0 Å². The molecule has 0 spiro atoms. The zero-order valence-electron chi connectivity index (χ0n) is 11.1. The van der Waals surface area contributed by atoms with Crippen LogP contribution in [0.2, 0.25) is 0 Å². The Morgan fingerprint density at radius 2 is 2.06 bits per heavy atom. The molecule has 16 heavy (non-hydrogen) atoms. The second-order valence-corrected chi connectivity index (χ2v) is 6.35. The van der Waals surface area contributed by atoms with Gasteiger partial charge in [0.15, 0.2) is 0 Å². The molecule has 1 heterocycles. The SMILES string of the molecule is CC1(C)CCN(CCCCC(C)(O)CN)C1. The zero-order chi connectivity index (χ0) is 12.2. The maximum atomic E-state index is 9.76. The van der Waals surface area contributed by atoms with Crippen molar-refractivity contribution in [2.45, 2.75) is 52.1 Å². The summed E-state index contributed by atoms with van der Waals surface area (Å²) in [5.74, 6) is 0. The van der Waals surface area contributed by atoms with Gasteiger partial charge in [0, 0.05) is 13.1 Å². The largest absolute Gasteiger partial charge is 0.389 e. The van der Waals surface area contributed by atoms with Gasteiger partial charge in [-0.3, -0.25) is 0 Å². The van der Waals surface area contributed by atoms with Crippen molar-refractivity contribution >= 4 is 0 Å². The molecule has 1 atom stereocenters. The number of rotatable bonds is 6. The molecule has 0 amide bonds. The number of likely N-dealkylation sites (tertiary alicyclic amines) is 1. The number of nitrogens with two attached hydrogens (primary N) is 1. The van der Waals surface area contributed by atoms with Crippen molar-refractivity contribution in [1.29, 1.82) is 0 Å². The third-order valence-electron chi connectivity index (χ3n) is 3.64. The van der Waals surface area contributed by atoms with Gasteiger partial charge in [-0.15, -0.1) is 0 Å². The fourth-order valence-corrected chi connectivity index (χ4v) is 2.36. The van der Waals surface area contributed by atoms with Gasteiger partial charge in [0.05, 0.1) is 5.60 Å². The molecule has 1 unspecified atom stereocenters. The second-order valence-electron chi connectivity index (χ2n) is 6.35. The van der Waals surface area contributed by atoms with Crippen LogP contribution in [0.3, 0.4) is 0 Å². The highest BCUT2D eigenvalue weighted by molar-refractivity contribution is 4.82. The lowest BCUT2D eigenvalue weighted by atomic mass is 9.93. The molecule has 0 aromatic carbocycles. The van der Waals surface area contributed by atoms with E-state index in [0.717, 1.165) is 12.8 Å². The maximum absolute atomic E-state index is 9.76. The number of aliphatic hydroxyl groups is 1. The molecule has 1 fully saturated rings. The Hall–Kier alpha value is -0.120.